The predicted octanol–water partition coefficient (Wildman–Crippen LogP) is 3.07. The minimum absolute atomic E-state index is 0.186. The molecule has 0 saturated heterocycles. The highest BCUT2D eigenvalue weighted by Gasteiger charge is 2.20. The van der Waals surface area contributed by atoms with Crippen molar-refractivity contribution in [1.29, 1.82) is 0 Å². The van der Waals surface area contributed by atoms with E-state index < -0.39 is 14.9 Å². The molecular weight excluding hydrogens is 342 g/mol. The summed E-state index contributed by atoms with van der Waals surface area (Å²) in [5, 5.41) is 19.5. The Hall–Kier alpha value is -2.16. The number of halogens is 1. The topological polar surface area (TPSA) is 115 Å². The van der Waals surface area contributed by atoms with Crippen molar-refractivity contribution in [3.8, 4) is 0 Å². The van der Waals surface area contributed by atoms with Crippen LogP contribution in [0.3, 0.4) is 0 Å². The molecule has 0 radical (unpaired) electrons. The summed E-state index contributed by atoms with van der Waals surface area (Å²) in [6.45, 7) is 1.81. The highest BCUT2D eigenvalue weighted by molar-refractivity contribution is 7.89. The van der Waals surface area contributed by atoms with Gasteiger partial charge < -0.3 is 5.32 Å². The molecule has 122 valence electrons. The van der Waals surface area contributed by atoms with E-state index in [4.69, 9.17) is 16.7 Å². The monoisotopic (exact) mass is 355 g/mol. The molecule has 1 atom stereocenters. The smallest absolute Gasteiger partial charge is 0.270 e. The minimum atomic E-state index is -4.12. The van der Waals surface area contributed by atoms with Gasteiger partial charge in [-0.1, -0.05) is 23.7 Å². The zero-order valence-electron chi connectivity index (χ0n) is 12.1. The van der Waals surface area contributed by atoms with E-state index in [0.29, 0.717) is 5.02 Å². The number of rotatable bonds is 5. The van der Waals surface area contributed by atoms with Gasteiger partial charge in [0.05, 0.1) is 10.6 Å². The highest BCUT2D eigenvalue weighted by Crippen LogP contribution is 2.29. The van der Waals surface area contributed by atoms with Crippen molar-refractivity contribution in [2.45, 2.75) is 17.9 Å². The van der Waals surface area contributed by atoms with Gasteiger partial charge in [0.15, 0.2) is 0 Å². The molecule has 2 rings (SSSR count). The summed E-state index contributed by atoms with van der Waals surface area (Å²) in [4.78, 5) is 9.79. The Morgan fingerprint density at radius 1 is 1.26 bits per heavy atom. The Bertz CT molecular complexity index is 855. The molecule has 0 fully saturated rings. The summed E-state index contributed by atoms with van der Waals surface area (Å²) < 4.78 is 23.4. The van der Waals surface area contributed by atoms with Crippen LogP contribution in [0.25, 0.3) is 0 Å². The van der Waals surface area contributed by atoms with Gasteiger partial charge in [-0.2, -0.15) is 0 Å². The SMILES string of the molecule is CC(Nc1ccc([N+](=O)[O-])cc1S(N)(=O)=O)c1cccc(Cl)c1. The van der Waals surface area contributed by atoms with Crippen LogP contribution in [0.5, 0.6) is 0 Å². The Balaban J connectivity index is 2.41. The maximum Gasteiger partial charge on any atom is 0.270 e. The lowest BCUT2D eigenvalue weighted by Gasteiger charge is -2.18. The second-order valence-electron chi connectivity index (χ2n) is 4.90. The number of benzene rings is 2. The summed E-state index contributed by atoms with van der Waals surface area (Å²) in [7, 11) is -4.12. The number of anilines is 1. The summed E-state index contributed by atoms with van der Waals surface area (Å²) in [5.41, 5.74) is 0.664. The molecule has 0 amide bonds. The molecule has 1 unspecified atom stereocenters. The number of nitro benzene ring substituents is 1. The molecular formula is C14H14ClN3O4S. The first-order chi connectivity index (χ1) is 10.7. The summed E-state index contributed by atoms with van der Waals surface area (Å²) in [6.07, 6.45) is 0. The number of hydrogen-bond donors (Lipinski definition) is 2. The van der Waals surface area contributed by atoms with Gasteiger partial charge in [-0.3, -0.25) is 10.1 Å². The fraction of sp³-hybridized carbons (Fsp3) is 0.143. The van der Waals surface area contributed by atoms with E-state index in [-0.39, 0.29) is 22.3 Å². The van der Waals surface area contributed by atoms with Crippen LogP contribution in [0.2, 0.25) is 5.02 Å². The second-order valence-corrected chi connectivity index (χ2v) is 6.87. The largest absolute Gasteiger partial charge is 0.377 e. The lowest BCUT2D eigenvalue weighted by Crippen LogP contribution is -2.16. The molecule has 0 aromatic heterocycles. The average molecular weight is 356 g/mol. The Kier molecular flexibility index (Phi) is 4.88. The van der Waals surface area contributed by atoms with Crippen LogP contribution >= 0.6 is 11.6 Å². The van der Waals surface area contributed by atoms with Gasteiger partial charge in [-0.25, -0.2) is 13.6 Å². The van der Waals surface area contributed by atoms with Crippen LogP contribution in [-0.4, -0.2) is 13.3 Å². The molecule has 0 aliphatic carbocycles. The highest BCUT2D eigenvalue weighted by atomic mass is 35.5. The Morgan fingerprint density at radius 2 is 1.96 bits per heavy atom. The van der Waals surface area contributed by atoms with Crippen LogP contribution in [0.15, 0.2) is 47.4 Å². The van der Waals surface area contributed by atoms with Crippen LogP contribution in [0.4, 0.5) is 11.4 Å². The fourth-order valence-electron chi connectivity index (χ4n) is 2.07. The van der Waals surface area contributed by atoms with Gasteiger partial charge in [0, 0.05) is 23.2 Å². The van der Waals surface area contributed by atoms with Crippen molar-refractivity contribution in [3.05, 3.63) is 63.2 Å². The quantitative estimate of drug-likeness (QED) is 0.631. The number of nitro groups is 1. The number of sulfonamides is 1. The van der Waals surface area contributed by atoms with Crippen molar-refractivity contribution in [1.82, 2.24) is 0 Å². The van der Waals surface area contributed by atoms with Crippen molar-refractivity contribution < 1.29 is 13.3 Å². The molecule has 0 bridgehead atoms. The minimum Gasteiger partial charge on any atom is -0.377 e. The van der Waals surface area contributed by atoms with E-state index in [1.165, 1.54) is 12.1 Å². The zero-order valence-corrected chi connectivity index (χ0v) is 13.6. The number of nitrogens with two attached hydrogens (primary N) is 1. The number of primary sulfonamides is 1. The molecule has 0 spiro atoms. The first-order valence-corrected chi connectivity index (χ1v) is 8.44. The van der Waals surface area contributed by atoms with Gasteiger partial charge in [0.1, 0.15) is 4.90 Å². The number of nitrogens with one attached hydrogen (secondary N) is 1. The number of hydrogen-bond acceptors (Lipinski definition) is 5. The third-order valence-electron chi connectivity index (χ3n) is 3.20. The first-order valence-electron chi connectivity index (χ1n) is 6.51. The summed E-state index contributed by atoms with van der Waals surface area (Å²) in [6, 6.07) is 10.2. The first kappa shape index (κ1) is 17.2. The maximum absolute atomic E-state index is 11.7. The molecule has 7 nitrogen and oxygen atoms in total. The van der Waals surface area contributed by atoms with Crippen molar-refractivity contribution in [2.24, 2.45) is 5.14 Å². The standard InChI is InChI=1S/C14H14ClN3O4S/c1-9(10-3-2-4-11(15)7-10)17-13-6-5-12(18(19)20)8-14(13)23(16,21)22/h2-9,17H,1H3,(H2,16,21,22). The van der Waals surface area contributed by atoms with Crippen LogP contribution in [-0.2, 0) is 10.0 Å². The Morgan fingerprint density at radius 3 is 2.52 bits per heavy atom. The molecule has 9 heteroatoms. The van der Waals surface area contributed by atoms with Gasteiger partial charge >= 0.3 is 0 Å². The third kappa shape index (κ3) is 4.19. The predicted molar refractivity (Wildman–Crippen MR) is 88.0 cm³/mol. The van der Waals surface area contributed by atoms with E-state index >= 15 is 0 Å². The molecule has 23 heavy (non-hydrogen) atoms. The molecule has 0 aliphatic rings. The molecule has 0 heterocycles. The molecule has 3 N–H and O–H groups in total. The fourth-order valence-corrected chi connectivity index (χ4v) is 2.99. The van der Waals surface area contributed by atoms with Gasteiger partial charge in [-0.05, 0) is 30.7 Å². The van der Waals surface area contributed by atoms with Gasteiger partial charge in [0.25, 0.3) is 5.69 Å². The lowest BCUT2D eigenvalue weighted by molar-refractivity contribution is -0.385. The Labute approximate surface area is 138 Å². The van der Waals surface area contributed by atoms with E-state index in [9.17, 15) is 18.5 Å². The summed E-state index contributed by atoms with van der Waals surface area (Å²) >= 11 is 5.93. The van der Waals surface area contributed by atoms with E-state index in [2.05, 4.69) is 5.32 Å². The molecule has 2 aromatic rings. The molecule has 0 saturated carbocycles. The number of non-ortho nitro benzene ring substituents is 1. The lowest BCUT2D eigenvalue weighted by atomic mass is 10.1. The van der Waals surface area contributed by atoms with E-state index in [1.54, 1.807) is 25.1 Å². The summed E-state index contributed by atoms with van der Waals surface area (Å²) in [5.74, 6) is 0. The van der Waals surface area contributed by atoms with Crippen LogP contribution < -0.4 is 10.5 Å². The van der Waals surface area contributed by atoms with Crippen LogP contribution in [0, 0.1) is 10.1 Å². The zero-order chi connectivity index (χ0) is 17.2. The van der Waals surface area contributed by atoms with Gasteiger partial charge in [0.2, 0.25) is 10.0 Å². The van der Waals surface area contributed by atoms with Crippen molar-refractivity contribution in [3.63, 3.8) is 0 Å². The molecule has 0 aliphatic heterocycles. The van der Waals surface area contributed by atoms with Crippen molar-refractivity contribution >= 4 is 33.0 Å². The molecule has 2 aromatic carbocycles. The van der Waals surface area contributed by atoms with Gasteiger partial charge in [-0.15, -0.1) is 0 Å². The average Bonchev–Trinajstić information content (AvgIpc) is 2.46. The normalized spacial score (nSPS) is 12.7. The second kappa shape index (κ2) is 6.53. The van der Waals surface area contributed by atoms with E-state index in [1.807, 2.05) is 6.07 Å². The number of nitrogens with zero attached hydrogens (tertiary/aromatic N) is 1. The van der Waals surface area contributed by atoms with E-state index in [0.717, 1.165) is 11.6 Å². The maximum atomic E-state index is 11.7. The van der Waals surface area contributed by atoms with Crippen molar-refractivity contribution in [2.75, 3.05) is 5.32 Å². The third-order valence-corrected chi connectivity index (χ3v) is 4.39. The van der Waals surface area contributed by atoms with Crippen LogP contribution in [0.1, 0.15) is 18.5 Å².